The van der Waals surface area contributed by atoms with E-state index < -0.39 is 17.5 Å². The van der Waals surface area contributed by atoms with Gasteiger partial charge in [-0.2, -0.15) is 0 Å². The predicted octanol–water partition coefficient (Wildman–Crippen LogP) is 1.61. The highest BCUT2D eigenvalue weighted by Gasteiger charge is 2.46. The molecule has 1 atom stereocenters. The summed E-state index contributed by atoms with van der Waals surface area (Å²) < 4.78 is 0. The lowest BCUT2D eigenvalue weighted by Crippen LogP contribution is -2.43. The first kappa shape index (κ1) is 14.0. The van der Waals surface area contributed by atoms with Crippen molar-refractivity contribution in [2.24, 2.45) is 0 Å². The van der Waals surface area contributed by atoms with Gasteiger partial charge >= 0.3 is 12.0 Å². The van der Waals surface area contributed by atoms with Crippen LogP contribution in [0.5, 0.6) is 0 Å². The van der Waals surface area contributed by atoms with E-state index in [2.05, 4.69) is 5.32 Å². The summed E-state index contributed by atoms with van der Waals surface area (Å²) >= 11 is 0. The molecule has 1 aliphatic heterocycles. The first-order valence-electron chi connectivity index (χ1n) is 6.34. The highest BCUT2D eigenvalue weighted by molar-refractivity contribution is 6.06. The fraction of sp³-hybridized carbons (Fsp3) is 0.357. The third-order valence-electron chi connectivity index (χ3n) is 3.63. The van der Waals surface area contributed by atoms with E-state index in [4.69, 9.17) is 5.11 Å². The highest BCUT2D eigenvalue weighted by Crippen LogP contribution is 2.23. The van der Waals surface area contributed by atoms with Crippen molar-refractivity contribution in [1.82, 2.24) is 10.2 Å². The summed E-state index contributed by atoms with van der Waals surface area (Å²) in [6.45, 7) is 3.44. The Hall–Kier alpha value is -2.37. The molecule has 1 aliphatic rings. The molecule has 20 heavy (non-hydrogen) atoms. The molecular weight excluding hydrogens is 260 g/mol. The number of urea groups is 1. The van der Waals surface area contributed by atoms with E-state index >= 15 is 0 Å². The van der Waals surface area contributed by atoms with E-state index in [0.29, 0.717) is 12.0 Å². The Morgan fingerprint density at radius 2 is 2.00 bits per heavy atom. The number of nitrogens with zero attached hydrogens (tertiary/aromatic N) is 1. The Morgan fingerprint density at radius 3 is 2.55 bits per heavy atom. The van der Waals surface area contributed by atoms with Crippen LogP contribution in [-0.4, -0.2) is 33.5 Å². The van der Waals surface area contributed by atoms with Crippen LogP contribution in [0.25, 0.3) is 0 Å². The number of amides is 3. The van der Waals surface area contributed by atoms with Gasteiger partial charge in [-0.3, -0.25) is 9.69 Å². The van der Waals surface area contributed by atoms with Crippen molar-refractivity contribution >= 4 is 17.9 Å². The van der Waals surface area contributed by atoms with Gasteiger partial charge in [0.05, 0.1) is 12.1 Å². The van der Waals surface area contributed by atoms with Crippen LogP contribution in [-0.2, 0) is 11.3 Å². The second-order valence-electron chi connectivity index (χ2n) is 4.97. The van der Waals surface area contributed by atoms with Crippen molar-refractivity contribution in [2.75, 3.05) is 0 Å². The second-order valence-corrected chi connectivity index (χ2v) is 4.97. The van der Waals surface area contributed by atoms with Gasteiger partial charge in [0.15, 0.2) is 0 Å². The van der Waals surface area contributed by atoms with Gasteiger partial charge in [0, 0.05) is 0 Å². The molecule has 106 valence electrons. The predicted molar refractivity (Wildman–Crippen MR) is 71.2 cm³/mol. The topological polar surface area (TPSA) is 86.7 Å². The number of hydrogen-bond donors (Lipinski definition) is 2. The normalized spacial score (nSPS) is 22.0. The van der Waals surface area contributed by atoms with E-state index in [1.54, 1.807) is 25.1 Å². The van der Waals surface area contributed by atoms with E-state index in [1.165, 1.54) is 6.07 Å². The molecule has 1 saturated heterocycles. The smallest absolute Gasteiger partial charge is 0.336 e. The van der Waals surface area contributed by atoms with Gasteiger partial charge in [-0.15, -0.1) is 0 Å². The number of imide groups is 1. The van der Waals surface area contributed by atoms with Crippen molar-refractivity contribution in [1.29, 1.82) is 0 Å². The summed E-state index contributed by atoms with van der Waals surface area (Å²) in [5.41, 5.74) is -0.378. The molecule has 2 N–H and O–H groups in total. The number of aromatic carboxylic acids is 1. The molecule has 0 radical (unpaired) electrons. The lowest BCUT2D eigenvalue weighted by atomic mass is 9.99. The van der Waals surface area contributed by atoms with Crippen LogP contribution in [0.3, 0.4) is 0 Å². The molecule has 1 fully saturated rings. The second kappa shape index (κ2) is 4.96. The minimum Gasteiger partial charge on any atom is -0.478 e. The number of nitrogens with one attached hydrogen (secondary N) is 1. The molecule has 0 spiro atoms. The van der Waals surface area contributed by atoms with Gasteiger partial charge in [0.2, 0.25) is 0 Å². The van der Waals surface area contributed by atoms with E-state index in [1.807, 2.05) is 6.92 Å². The minimum atomic E-state index is -1.08. The van der Waals surface area contributed by atoms with E-state index in [9.17, 15) is 14.4 Å². The summed E-state index contributed by atoms with van der Waals surface area (Å²) in [7, 11) is 0. The number of carboxylic acids is 1. The molecule has 0 aliphatic carbocycles. The molecule has 0 aromatic heterocycles. The van der Waals surface area contributed by atoms with E-state index in [0.717, 1.165) is 4.90 Å². The Balaban J connectivity index is 2.30. The molecule has 0 saturated carbocycles. The quantitative estimate of drug-likeness (QED) is 0.818. The third-order valence-corrected chi connectivity index (χ3v) is 3.63. The van der Waals surface area contributed by atoms with E-state index in [-0.39, 0.29) is 18.0 Å². The van der Waals surface area contributed by atoms with Crippen LogP contribution < -0.4 is 5.32 Å². The molecule has 2 rings (SSSR count). The zero-order chi connectivity index (χ0) is 14.9. The van der Waals surface area contributed by atoms with Crippen molar-refractivity contribution in [3.05, 3.63) is 35.4 Å². The Kier molecular flexibility index (Phi) is 3.48. The number of rotatable bonds is 4. The van der Waals surface area contributed by atoms with Gasteiger partial charge in [0.25, 0.3) is 5.91 Å². The minimum absolute atomic E-state index is 0.0390. The van der Waals surface area contributed by atoms with Crippen LogP contribution in [0.1, 0.15) is 36.2 Å². The van der Waals surface area contributed by atoms with Crippen LogP contribution in [0.2, 0.25) is 0 Å². The van der Waals surface area contributed by atoms with Crippen molar-refractivity contribution in [2.45, 2.75) is 32.4 Å². The molecule has 1 unspecified atom stereocenters. The maximum absolute atomic E-state index is 12.2. The maximum Gasteiger partial charge on any atom is 0.336 e. The average Bonchev–Trinajstić information content (AvgIpc) is 2.63. The summed E-state index contributed by atoms with van der Waals surface area (Å²) in [6.07, 6.45) is 0.481. The molecule has 6 heteroatoms. The van der Waals surface area contributed by atoms with Crippen LogP contribution in [0, 0.1) is 0 Å². The Morgan fingerprint density at radius 1 is 1.35 bits per heavy atom. The van der Waals surface area contributed by atoms with Gasteiger partial charge in [-0.05, 0) is 25.0 Å². The van der Waals surface area contributed by atoms with Crippen LogP contribution in [0.4, 0.5) is 4.79 Å². The lowest BCUT2D eigenvalue weighted by Gasteiger charge is -2.19. The number of carboxylic acid groups (broad SMARTS) is 1. The third kappa shape index (κ3) is 2.24. The monoisotopic (exact) mass is 276 g/mol. The highest BCUT2D eigenvalue weighted by atomic mass is 16.4. The van der Waals surface area contributed by atoms with Gasteiger partial charge < -0.3 is 10.4 Å². The molecule has 6 nitrogen and oxygen atoms in total. The van der Waals surface area contributed by atoms with Gasteiger partial charge in [-0.25, -0.2) is 9.59 Å². The number of hydrogen-bond acceptors (Lipinski definition) is 3. The first-order chi connectivity index (χ1) is 9.39. The largest absolute Gasteiger partial charge is 0.478 e. The molecule has 1 heterocycles. The van der Waals surface area contributed by atoms with Gasteiger partial charge in [-0.1, -0.05) is 25.1 Å². The SMILES string of the molecule is CCC1(C)NC(=O)N(Cc2ccccc2C(=O)O)C1=O. The molecule has 0 bridgehead atoms. The lowest BCUT2D eigenvalue weighted by molar-refractivity contribution is -0.131. The van der Waals surface area contributed by atoms with Crippen molar-refractivity contribution in [3.8, 4) is 0 Å². The first-order valence-corrected chi connectivity index (χ1v) is 6.34. The fourth-order valence-electron chi connectivity index (χ4n) is 2.17. The van der Waals surface area contributed by atoms with Crippen molar-refractivity contribution < 1.29 is 19.5 Å². The maximum atomic E-state index is 12.2. The average molecular weight is 276 g/mol. The van der Waals surface area contributed by atoms with Crippen molar-refractivity contribution in [3.63, 3.8) is 0 Å². The summed E-state index contributed by atoms with van der Waals surface area (Å²) in [5, 5.41) is 11.8. The van der Waals surface area contributed by atoms with Crippen LogP contribution in [0.15, 0.2) is 24.3 Å². The Bertz CT molecular complexity index is 584. The number of carbonyl (C=O) groups is 3. The standard InChI is InChI=1S/C14H16N2O4/c1-3-14(2)12(19)16(13(20)15-14)8-9-6-4-5-7-10(9)11(17)18/h4-7H,3,8H2,1-2H3,(H,15,20)(H,17,18). The zero-order valence-electron chi connectivity index (χ0n) is 11.3. The fourth-order valence-corrected chi connectivity index (χ4v) is 2.17. The molecule has 1 aromatic carbocycles. The molecule has 1 aromatic rings. The number of carbonyl (C=O) groups excluding carboxylic acids is 2. The zero-order valence-corrected chi connectivity index (χ0v) is 11.3. The van der Waals surface area contributed by atoms with Crippen LogP contribution >= 0.6 is 0 Å². The summed E-state index contributed by atoms with van der Waals surface area (Å²) in [5.74, 6) is -1.41. The molecule has 3 amide bonds. The molecular formula is C14H16N2O4. The summed E-state index contributed by atoms with van der Waals surface area (Å²) in [6, 6.07) is 5.86. The Labute approximate surface area is 116 Å². The summed E-state index contributed by atoms with van der Waals surface area (Å²) in [4.78, 5) is 36.3. The van der Waals surface area contributed by atoms with Gasteiger partial charge in [0.1, 0.15) is 5.54 Å². The number of benzene rings is 1.